The summed E-state index contributed by atoms with van der Waals surface area (Å²) >= 11 is 0. The minimum absolute atomic E-state index is 0.682. The molecule has 1 aliphatic rings. The van der Waals surface area contributed by atoms with E-state index in [0.717, 1.165) is 24.6 Å². The molecule has 2 heterocycles. The predicted octanol–water partition coefficient (Wildman–Crippen LogP) is 3.39. The quantitative estimate of drug-likeness (QED) is 0.693. The Kier molecular flexibility index (Phi) is 4.17. The van der Waals surface area contributed by atoms with E-state index in [1.165, 1.54) is 29.5 Å². The number of imidazole rings is 1. The molecule has 5 heteroatoms. The van der Waals surface area contributed by atoms with Crippen LogP contribution in [0.4, 0.5) is 0 Å². The predicted molar refractivity (Wildman–Crippen MR) is 98.5 cm³/mol. The summed E-state index contributed by atoms with van der Waals surface area (Å²) in [4.78, 5) is 7.00. The molecule has 25 heavy (non-hydrogen) atoms. The van der Waals surface area contributed by atoms with Crippen molar-refractivity contribution in [2.75, 3.05) is 0 Å². The zero-order valence-corrected chi connectivity index (χ0v) is 15.2. The average molecular weight is 335 g/mol. The number of rotatable bonds is 6. The first kappa shape index (κ1) is 16.1. The van der Waals surface area contributed by atoms with Gasteiger partial charge in [-0.15, -0.1) is 0 Å². The van der Waals surface area contributed by atoms with Gasteiger partial charge in [0.15, 0.2) is 0 Å². The van der Waals surface area contributed by atoms with Crippen LogP contribution in [0.1, 0.15) is 35.4 Å². The first-order valence-corrected chi connectivity index (χ1v) is 8.91. The van der Waals surface area contributed by atoms with Crippen LogP contribution < -0.4 is 0 Å². The van der Waals surface area contributed by atoms with Gasteiger partial charge in [0.1, 0.15) is 5.82 Å². The summed E-state index contributed by atoms with van der Waals surface area (Å²) < 4.78 is 4.08. The second-order valence-corrected chi connectivity index (χ2v) is 7.15. The van der Waals surface area contributed by atoms with Gasteiger partial charge in [-0.1, -0.05) is 6.07 Å². The third kappa shape index (κ3) is 3.51. The number of aromatic nitrogens is 4. The molecule has 130 valence electrons. The van der Waals surface area contributed by atoms with Crippen LogP contribution >= 0.6 is 0 Å². The highest BCUT2D eigenvalue weighted by Crippen LogP contribution is 2.29. The van der Waals surface area contributed by atoms with E-state index in [2.05, 4.69) is 64.8 Å². The normalized spacial score (nSPS) is 14.4. The van der Waals surface area contributed by atoms with Crippen LogP contribution in [0, 0.1) is 13.8 Å². The maximum absolute atomic E-state index is 4.57. The number of benzene rings is 1. The van der Waals surface area contributed by atoms with E-state index in [4.69, 9.17) is 0 Å². The zero-order valence-electron chi connectivity index (χ0n) is 15.2. The lowest BCUT2D eigenvalue weighted by molar-refractivity contribution is 0.237. The molecule has 3 aromatic rings. The Hall–Kier alpha value is -2.40. The molecule has 0 bridgehead atoms. The fraction of sp³-hybridized carbons (Fsp3) is 0.400. The van der Waals surface area contributed by atoms with E-state index in [9.17, 15) is 0 Å². The monoisotopic (exact) mass is 335 g/mol. The molecule has 0 aliphatic heterocycles. The van der Waals surface area contributed by atoms with Gasteiger partial charge in [0.25, 0.3) is 0 Å². The molecule has 5 nitrogen and oxygen atoms in total. The van der Waals surface area contributed by atoms with Gasteiger partial charge < -0.3 is 4.57 Å². The van der Waals surface area contributed by atoms with Crippen molar-refractivity contribution in [3.05, 3.63) is 65.5 Å². The molecular formula is C20H25N5. The number of aryl methyl sites for hydroxylation is 3. The van der Waals surface area contributed by atoms with Crippen LogP contribution in [0.2, 0.25) is 0 Å². The highest BCUT2D eigenvalue weighted by Gasteiger charge is 2.30. The van der Waals surface area contributed by atoms with Crippen LogP contribution in [-0.4, -0.2) is 30.3 Å². The van der Waals surface area contributed by atoms with Crippen molar-refractivity contribution in [3.8, 4) is 5.69 Å². The summed E-state index contributed by atoms with van der Waals surface area (Å²) in [6, 6.07) is 7.16. The lowest BCUT2D eigenvalue weighted by atomic mass is 10.1. The highest BCUT2D eigenvalue weighted by atomic mass is 15.3. The lowest BCUT2D eigenvalue weighted by Gasteiger charge is -2.20. The van der Waals surface area contributed by atoms with Crippen LogP contribution in [0.3, 0.4) is 0 Å². The standard InChI is InChI=1S/C20H25N5/c1-15-4-5-19(10-16(15)2)25-13-17(11-22-25)12-24(18-6-7-18)14-20-21-8-9-23(20)3/h4-5,8-11,13,18H,6-7,12,14H2,1-3H3. The van der Waals surface area contributed by atoms with E-state index < -0.39 is 0 Å². The summed E-state index contributed by atoms with van der Waals surface area (Å²) in [5.74, 6) is 1.12. The molecule has 1 fully saturated rings. The zero-order chi connectivity index (χ0) is 17.4. The van der Waals surface area contributed by atoms with E-state index in [1.54, 1.807) is 0 Å². The van der Waals surface area contributed by atoms with Crippen molar-refractivity contribution in [2.45, 2.75) is 45.8 Å². The number of hydrogen-bond donors (Lipinski definition) is 0. The number of hydrogen-bond acceptors (Lipinski definition) is 3. The maximum Gasteiger partial charge on any atom is 0.122 e. The average Bonchev–Trinajstić information content (AvgIpc) is 3.22. The molecule has 0 amide bonds. The van der Waals surface area contributed by atoms with E-state index in [1.807, 2.05) is 23.3 Å². The van der Waals surface area contributed by atoms with Gasteiger partial charge in [-0.25, -0.2) is 9.67 Å². The summed E-state index contributed by atoms with van der Waals surface area (Å²) in [6.07, 6.45) is 10.6. The highest BCUT2D eigenvalue weighted by molar-refractivity contribution is 5.39. The second-order valence-electron chi connectivity index (χ2n) is 7.15. The Labute approximate surface area is 148 Å². The molecule has 0 saturated heterocycles. The number of nitrogens with zero attached hydrogens (tertiary/aromatic N) is 5. The summed E-state index contributed by atoms with van der Waals surface area (Å²) in [6.45, 7) is 6.09. The van der Waals surface area contributed by atoms with Gasteiger partial charge in [0.05, 0.1) is 18.4 Å². The molecule has 2 aromatic heterocycles. The van der Waals surface area contributed by atoms with Crippen molar-refractivity contribution in [1.29, 1.82) is 0 Å². The molecule has 0 unspecified atom stereocenters. The SMILES string of the molecule is Cc1ccc(-n2cc(CN(Cc3nccn3C)C3CC3)cn2)cc1C. The topological polar surface area (TPSA) is 38.9 Å². The van der Waals surface area contributed by atoms with E-state index in [-0.39, 0.29) is 0 Å². The van der Waals surface area contributed by atoms with Crippen LogP contribution in [-0.2, 0) is 20.1 Å². The third-order valence-corrected chi connectivity index (χ3v) is 5.11. The van der Waals surface area contributed by atoms with Crippen molar-refractivity contribution < 1.29 is 0 Å². The Bertz CT molecular complexity index is 872. The van der Waals surface area contributed by atoms with E-state index in [0.29, 0.717) is 6.04 Å². The molecule has 0 radical (unpaired) electrons. The van der Waals surface area contributed by atoms with Crippen molar-refractivity contribution in [1.82, 2.24) is 24.2 Å². The molecule has 0 spiro atoms. The first-order valence-electron chi connectivity index (χ1n) is 8.91. The molecule has 0 atom stereocenters. The van der Waals surface area contributed by atoms with Crippen molar-refractivity contribution in [3.63, 3.8) is 0 Å². The van der Waals surface area contributed by atoms with Crippen LogP contribution in [0.25, 0.3) is 5.69 Å². The van der Waals surface area contributed by atoms with Gasteiger partial charge in [0, 0.05) is 43.8 Å². The lowest BCUT2D eigenvalue weighted by Crippen LogP contribution is -2.26. The fourth-order valence-corrected chi connectivity index (χ4v) is 3.17. The van der Waals surface area contributed by atoms with Gasteiger partial charge in [0.2, 0.25) is 0 Å². The first-order chi connectivity index (χ1) is 12.1. The minimum Gasteiger partial charge on any atom is -0.337 e. The van der Waals surface area contributed by atoms with E-state index >= 15 is 0 Å². The summed E-state index contributed by atoms with van der Waals surface area (Å²) in [5.41, 5.74) is 4.98. The Morgan fingerprint density at radius 3 is 2.68 bits per heavy atom. The van der Waals surface area contributed by atoms with Gasteiger partial charge in [-0.2, -0.15) is 5.10 Å². The van der Waals surface area contributed by atoms with Crippen molar-refractivity contribution >= 4 is 0 Å². The van der Waals surface area contributed by atoms with Gasteiger partial charge in [-0.3, -0.25) is 4.90 Å². The Morgan fingerprint density at radius 2 is 2.00 bits per heavy atom. The second kappa shape index (κ2) is 6.48. The van der Waals surface area contributed by atoms with Gasteiger partial charge >= 0.3 is 0 Å². The Morgan fingerprint density at radius 1 is 1.16 bits per heavy atom. The molecule has 1 saturated carbocycles. The minimum atomic E-state index is 0.682. The third-order valence-electron chi connectivity index (χ3n) is 5.11. The molecule has 1 aliphatic carbocycles. The molecular weight excluding hydrogens is 310 g/mol. The largest absolute Gasteiger partial charge is 0.337 e. The molecule has 1 aromatic carbocycles. The van der Waals surface area contributed by atoms with Crippen molar-refractivity contribution in [2.24, 2.45) is 7.05 Å². The molecule has 4 rings (SSSR count). The fourth-order valence-electron chi connectivity index (χ4n) is 3.17. The molecule has 0 N–H and O–H groups in total. The van der Waals surface area contributed by atoms with Crippen LogP contribution in [0.15, 0.2) is 43.0 Å². The summed E-state index contributed by atoms with van der Waals surface area (Å²) in [5, 5.41) is 4.57. The summed E-state index contributed by atoms with van der Waals surface area (Å²) in [7, 11) is 2.06. The Balaban J connectivity index is 1.50. The smallest absolute Gasteiger partial charge is 0.122 e. The van der Waals surface area contributed by atoms with Crippen LogP contribution in [0.5, 0.6) is 0 Å². The maximum atomic E-state index is 4.57. The van der Waals surface area contributed by atoms with Gasteiger partial charge in [-0.05, 0) is 49.9 Å².